The van der Waals surface area contributed by atoms with Gasteiger partial charge in [0, 0.05) is 30.6 Å². The highest BCUT2D eigenvalue weighted by atomic mass is 32.1. The second kappa shape index (κ2) is 8.01. The summed E-state index contributed by atoms with van der Waals surface area (Å²) in [4.78, 5) is 19.0. The van der Waals surface area contributed by atoms with Crippen LogP contribution in [0.2, 0.25) is 0 Å². The highest BCUT2D eigenvalue weighted by Crippen LogP contribution is 2.33. The minimum absolute atomic E-state index is 0. The number of carboxylic acids is 1. The van der Waals surface area contributed by atoms with Gasteiger partial charge in [-0.15, -0.1) is 11.3 Å². The van der Waals surface area contributed by atoms with E-state index in [2.05, 4.69) is 28.8 Å². The molecule has 148 valence electrons. The molecule has 2 aromatic carbocycles. The molecular formula is C23H23N3O2S. The lowest BCUT2D eigenvalue weighted by Gasteiger charge is -2.20. The number of aromatic nitrogens is 1. The average molecular weight is 406 g/mol. The van der Waals surface area contributed by atoms with Crippen molar-refractivity contribution in [3.63, 3.8) is 0 Å². The van der Waals surface area contributed by atoms with E-state index in [0.717, 1.165) is 37.5 Å². The maximum Gasteiger partial charge on any atom is 0.335 e. The Kier molecular flexibility index (Phi) is 5.66. The van der Waals surface area contributed by atoms with Crippen LogP contribution in [0.15, 0.2) is 60.7 Å². The molecule has 0 amide bonds. The van der Waals surface area contributed by atoms with Crippen molar-refractivity contribution >= 4 is 38.9 Å². The number of fused-ring (bicyclic) bond motifs is 2. The van der Waals surface area contributed by atoms with Gasteiger partial charge in [-0.3, -0.25) is 0 Å². The van der Waals surface area contributed by atoms with Crippen molar-refractivity contribution in [1.82, 2.24) is 9.56 Å². The Bertz CT molecular complexity index is 1220. The van der Waals surface area contributed by atoms with Crippen LogP contribution in [0.4, 0.5) is 11.4 Å². The van der Waals surface area contributed by atoms with Gasteiger partial charge in [0.1, 0.15) is 14.1 Å². The normalized spacial score (nSPS) is 10.6. The molecule has 1 N–H and O–H groups in total. The van der Waals surface area contributed by atoms with Crippen molar-refractivity contribution in [2.24, 2.45) is 0 Å². The van der Waals surface area contributed by atoms with Gasteiger partial charge in [-0.05, 0) is 48.5 Å². The average Bonchev–Trinajstić information content (AvgIpc) is 2.70. The van der Waals surface area contributed by atoms with Crippen LogP contribution in [-0.4, -0.2) is 37.2 Å². The van der Waals surface area contributed by atoms with E-state index >= 15 is 0 Å². The molecule has 0 aromatic heterocycles. The van der Waals surface area contributed by atoms with Crippen molar-refractivity contribution in [2.45, 2.75) is 0 Å². The Morgan fingerprint density at radius 1 is 1.00 bits per heavy atom. The van der Waals surface area contributed by atoms with Gasteiger partial charge in [0.25, 0.3) is 0 Å². The Balaban J connectivity index is 0.00000240. The van der Waals surface area contributed by atoms with E-state index in [9.17, 15) is 4.79 Å². The van der Waals surface area contributed by atoms with E-state index in [-0.39, 0.29) is 13.0 Å². The molecule has 0 radical (unpaired) electrons. The van der Waals surface area contributed by atoms with Crippen molar-refractivity contribution in [3.05, 3.63) is 79.0 Å². The number of aromatic carboxylic acids is 1. The van der Waals surface area contributed by atoms with Crippen LogP contribution in [0.5, 0.6) is 0 Å². The summed E-state index contributed by atoms with van der Waals surface area (Å²) in [6.07, 6.45) is 0. The Morgan fingerprint density at radius 3 is 2.34 bits per heavy atom. The van der Waals surface area contributed by atoms with Crippen molar-refractivity contribution in [2.75, 3.05) is 26.0 Å². The fourth-order valence-electron chi connectivity index (χ4n) is 3.07. The van der Waals surface area contributed by atoms with Crippen molar-refractivity contribution in [1.29, 1.82) is 0 Å². The van der Waals surface area contributed by atoms with E-state index in [1.165, 1.54) is 0 Å². The summed E-state index contributed by atoms with van der Waals surface area (Å²) in [5, 5.41) is 10.2. The first-order valence-corrected chi connectivity index (χ1v) is 9.66. The van der Waals surface area contributed by atoms with Gasteiger partial charge in [0.15, 0.2) is 0 Å². The van der Waals surface area contributed by atoms with Gasteiger partial charge in [-0.1, -0.05) is 0 Å². The smallest absolute Gasteiger partial charge is 0.335 e. The number of benzene rings is 3. The molecule has 5 nitrogen and oxygen atoms in total. The topological polar surface area (TPSA) is 56.4 Å². The largest absolute Gasteiger partial charge is 0.478 e. The highest BCUT2D eigenvalue weighted by molar-refractivity contribution is 7.21. The fourth-order valence-corrected chi connectivity index (χ4v) is 4.10. The maximum atomic E-state index is 11.0. The van der Waals surface area contributed by atoms with Crippen LogP contribution >= 0.6 is 11.3 Å². The lowest BCUT2D eigenvalue weighted by Crippen LogP contribution is -2.21. The summed E-state index contributed by atoms with van der Waals surface area (Å²) >= 11 is 1.72. The monoisotopic (exact) mass is 405 g/mol. The van der Waals surface area contributed by atoms with Crippen LogP contribution in [0.3, 0.4) is 0 Å². The van der Waals surface area contributed by atoms with Crippen LogP contribution in [0.25, 0.3) is 20.8 Å². The van der Waals surface area contributed by atoms with Gasteiger partial charge < -0.3 is 17.4 Å². The third kappa shape index (κ3) is 3.98. The molecule has 2 aliphatic rings. The summed E-state index contributed by atoms with van der Waals surface area (Å²) in [5.74, 6) is -0.920. The van der Waals surface area contributed by atoms with E-state index in [1.54, 1.807) is 23.5 Å². The van der Waals surface area contributed by atoms with Crippen LogP contribution in [0, 0.1) is 7.43 Å². The summed E-state index contributed by atoms with van der Waals surface area (Å²) in [5.41, 5.74) is 4.20. The van der Waals surface area contributed by atoms with Crippen molar-refractivity contribution in [3.8, 4) is 10.6 Å². The summed E-state index contributed by atoms with van der Waals surface area (Å²) < 4.78 is 3.19. The molecular weight excluding hydrogens is 382 g/mol. The molecule has 0 spiro atoms. The summed E-state index contributed by atoms with van der Waals surface area (Å²) in [7, 11) is 6.03. The number of anilines is 2. The molecule has 0 fully saturated rings. The number of nitrogens with zero attached hydrogens (tertiary/aromatic N) is 3. The zero-order valence-electron chi connectivity index (χ0n) is 16.9. The predicted octanol–water partition coefficient (Wildman–Crippen LogP) is 4.35. The molecule has 0 saturated carbocycles. The fraction of sp³-hybridized carbons (Fsp3) is 0.130. The second-order valence-electron chi connectivity index (χ2n) is 6.82. The molecule has 0 bridgehead atoms. The third-order valence-electron chi connectivity index (χ3n) is 4.75. The Labute approximate surface area is 174 Å². The molecule has 6 heteroatoms. The molecule has 2 aromatic rings. The van der Waals surface area contributed by atoms with Crippen LogP contribution in [0.1, 0.15) is 10.4 Å². The zero-order valence-corrected chi connectivity index (χ0v) is 17.7. The van der Waals surface area contributed by atoms with E-state index < -0.39 is 5.97 Å². The van der Waals surface area contributed by atoms with E-state index in [4.69, 9.17) is 10.1 Å². The number of carbonyl (C=O) groups is 1. The molecule has 0 saturated heterocycles. The quantitative estimate of drug-likeness (QED) is 0.313. The molecule has 1 heterocycles. The number of rotatable bonds is 3. The van der Waals surface area contributed by atoms with E-state index in [0.29, 0.717) is 0 Å². The minimum Gasteiger partial charge on any atom is -0.478 e. The molecule has 0 unspecified atom stereocenters. The molecule has 1 aliphatic carbocycles. The summed E-state index contributed by atoms with van der Waals surface area (Å²) in [6, 6.07) is 19.4. The van der Waals surface area contributed by atoms with Crippen molar-refractivity contribution < 1.29 is 9.90 Å². The third-order valence-corrected chi connectivity index (χ3v) is 5.85. The summed E-state index contributed by atoms with van der Waals surface area (Å²) in [6.45, 7) is 0. The molecule has 0 atom stereocenters. The molecule has 1 aliphatic heterocycles. The molecule has 4 rings (SSSR count). The highest BCUT2D eigenvalue weighted by Gasteiger charge is 2.11. The van der Waals surface area contributed by atoms with Crippen LogP contribution in [-0.2, 0) is 0 Å². The van der Waals surface area contributed by atoms with Gasteiger partial charge >= 0.3 is 5.97 Å². The van der Waals surface area contributed by atoms with Gasteiger partial charge in [-0.2, -0.15) is 0 Å². The van der Waals surface area contributed by atoms with Gasteiger partial charge in [0.05, 0.1) is 26.4 Å². The van der Waals surface area contributed by atoms with Crippen LogP contribution < -0.4 is 14.8 Å². The zero-order chi connectivity index (χ0) is 19.8. The SMILES string of the molecule is CN(c1ccc(C(=O)O)cc1)c1ccc2nc3ccc(=[N+](C)C)cc-3sc2c1.[CH3-]. The first kappa shape index (κ1) is 20.5. The Hall–Kier alpha value is -3.25. The first-order chi connectivity index (χ1) is 13.4. The second-order valence-corrected chi connectivity index (χ2v) is 7.91. The van der Waals surface area contributed by atoms with E-state index in [1.807, 2.05) is 50.3 Å². The predicted molar refractivity (Wildman–Crippen MR) is 121 cm³/mol. The Morgan fingerprint density at radius 2 is 1.69 bits per heavy atom. The van der Waals surface area contributed by atoms with Gasteiger partial charge in [-0.25, -0.2) is 14.4 Å². The number of carboxylic acid groups (broad SMARTS) is 1. The standard InChI is InChI=1S/C22H19N3O2S.CH3/c1-24(2)16-8-10-18-20(12-16)28-21-13-17(9-11-19(21)23-18)25(3)15-6-4-14(5-7-15)22(26)27;/h4-13H,1-3H3;1H3/q;-1/p+1. The minimum atomic E-state index is -0.920. The number of hydrogen-bond acceptors (Lipinski definition) is 4. The van der Waals surface area contributed by atoms with Gasteiger partial charge in [0.2, 0.25) is 5.36 Å². The molecule has 29 heavy (non-hydrogen) atoms. The lowest BCUT2D eigenvalue weighted by atomic mass is 10.2. The number of hydrogen-bond donors (Lipinski definition) is 1. The maximum absolute atomic E-state index is 11.0. The first-order valence-electron chi connectivity index (χ1n) is 8.84. The lowest BCUT2D eigenvalue weighted by molar-refractivity contribution is 0.0697.